The molecule has 1 saturated heterocycles. The summed E-state index contributed by atoms with van der Waals surface area (Å²) in [5, 5.41) is 5.26. The molecule has 1 aliphatic heterocycles. The molecule has 1 aromatic carbocycles. The van der Waals surface area contributed by atoms with Crippen LogP contribution < -0.4 is 10.2 Å². The monoisotopic (exact) mass is 459 g/mol. The van der Waals surface area contributed by atoms with E-state index in [4.69, 9.17) is 4.42 Å². The predicted molar refractivity (Wildman–Crippen MR) is 113 cm³/mol. The molecule has 0 spiro atoms. The van der Waals surface area contributed by atoms with Gasteiger partial charge in [0.05, 0.1) is 17.3 Å². The Bertz CT molecular complexity index is 1060. The third-order valence-electron chi connectivity index (χ3n) is 4.69. The normalized spacial score (nSPS) is 16.6. The summed E-state index contributed by atoms with van der Waals surface area (Å²) >= 11 is 4.83. The largest absolute Gasteiger partial charge is 0.466 e. The molecule has 3 heterocycles. The van der Waals surface area contributed by atoms with Crippen molar-refractivity contribution in [3.8, 4) is 11.3 Å². The summed E-state index contributed by atoms with van der Waals surface area (Å²) in [5.41, 5.74) is 2.47. The van der Waals surface area contributed by atoms with Crippen LogP contribution in [-0.4, -0.2) is 23.3 Å². The summed E-state index contributed by atoms with van der Waals surface area (Å²) < 4.78 is 6.38. The van der Waals surface area contributed by atoms with Crippen LogP contribution in [0.15, 0.2) is 44.6 Å². The summed E-state index contributed by atoms with van der Waals surface area (Å²) in [6.45, 7) is 4.13. The zero-order chi connectivity index (χ0) is 19.8. The molecular formula is C20H18BrN3O3S. The van der Waals surface area contributed by atoms with Gasteiger partial charge in [0.15, 0.2) is 5.13 Å². The minimum absolute atomic E-state index is 0.0589. The highest BCUT2D eigenvalue weighted by molar-refractivity contribution is 9.10. The van der Waals surface area contributed by atoms with Crippen LogP contribution in [0.3, 0.4) is 0 Å². The maximum absolute atomic E-state index is 12.7. The van der Waals surface area contributed by atoms with Crippen LogP contribution in [-0.2, 0) is 9.59 Å². The third-order valence-corrected chi connectivity index (χ3v) is 6.12. The molecule has 1 fully saturated rings. The molecule has 8 heteroatoms. The van der Waals surface area contributed by atoms with Gasteiger partial charge in [0.2, 0.25) is 11.8 Å². The van der Waals surface area contributed by atoms with Gasteiger partial charge in [-0.05, 0) is 48.0 Å². The average molecular weight is 460 g/mol. The van der Waals surface area contributed by atoms with E-state index in [1.807, 2.05) is 49.6 Å². The minimum Gasteiger partial charge on any atom is -0.466 e. The molecule has 28 heavy (non-hydrogen) atoms. The van der Waals surface area contributed by atoms with Crippen molar-refractivity contribution in [3.05, 3.63) is 51.7 Å². The molecule has 3 aromatic rings. The van der Waals surface area contributed by atoms with Crippen molar-refractivity contribution in [3.63, 3.8) is 0 Å². The lowest BCUT2D eigenvalue weighted by atomic mass is 10.1. The van der Waals surface area contributed by atoms with Gasteiger partial charge in [-0.3, -0.25) is 9.59 Å². The third kappa shape index (κ3) is 3.62. The lowest BCUT2D eigenvalue weighted by Gasteiger charge is -2.18. The number of benzene rings is 1. The number of thiazole rings is 1. The first kappa shape index (κ1) is 18.9. The molecule has 6 nitrogen and oxygen atoms in total. The van der Waals surface area contributed by atoms with E-state index < -0.39 is 5.92 Å². The summed E-state index contributed by atoms with van der Waals surface area (Å²) in [7, 11) is 0. The number of hydrogen-bond acceptors (Lipinski definition) is 5. The number of aryl methyl sites for hydroxylation is 2. The zero-order valence-electron chi connectivity index (χ0n) is 15.4. The molecule has 2 amide bonds. The first-order chi connectivity index (χ1) is 13.4. The van der Waals surface area contributed by atoms with E-state index in [1.54, 1.807) is 4.90 Å². The zero-order valence-corrected chi connectivity index (χ0v) is 17.8. The molecular weight excluding hydrogens is 442 g/mol. The number of nitrogens with zero attached hydrogens (tertiary/aromatic N) is 2. The Morgan fingerprint density at radius 3 is 2.86 bits per heavy atom. The van der Waals surface area contributed by atoms with Crippen LogP contribution in [0.5, 0.6) is 0 Å². The number of rotatable bonds is 4. The first-order valence-electron chi connectivity index (χ1n) is 8.81. The number of amides is 2. The summed E-state index contributed by atoms with van der Waals surface area (Å²) in [5.74, 6) is 0.957. The van der Waals surface area contributed by atoms with Crippen LogP contribution in [0.2, 0.25) is 0 Å². The summed E-state index contributed by atoms with van der Waals surface area (Å²) in [6, 6.07) is 9.44. The number of aromatic nitrogens is 1. The van der Waals surface area contributed by atoms with Crippen molar-refractivity contribution in [2.24, 2.45) is 5.92 Å². The fourth-order valence-corrected chi connectivity index (χ4v) is 4.55. The van der Waals surface area contributed by atoms with Crippen LogP contribution in [0.1, 0.15) is 17.9 Å². The molecule has 0 aliphatic carbocycles. The fraction of sp³-hybridized carbons (Fsp3) is 0.250. The van der Waals surface area contributed by atoms with Crippen LogP contribution in [0.4, 0.5) is 10.8 Å². The molecule has 4 rings (SSSR count). The Hall–Kier alpha value is -2.45. The van der Waals surface area contributed by atoms with Crippen molar-refractivity contribution in [1.29, 1.82) is 0 Å². The molecule has 1 N–H and O–H groups in total. The smallest absolute Gasteiger partial charge is 0.231 e. The second kappa shape index (κ2) is 7.52. The SMILES string of the molecule is Cc1cc(-c2csc(NC(=O)C3CC(=O)N(c4ccccc4Br)C3)n2)c(C)o1. The molecule has 2 aromatic heterocycles. The lowest BCUT2D eigenvalue weighted by molar-refractivity contribution is -0.122. The van der Waals surface area contributed by atoms with E-state index in [9.17, 15) is 9.59 Å². The van der Waals surface area contributed by atoms with E-state index in [0.717, 1.165) is 32.9 Å². The highest BCUT2D eigenvalue weighted by Gasteiger charge is 2.36. The Morgan fingerprint density at radius 1 is 1.36 bits per heavy atom. The number of carbonyl (C=O) groups is 2. The van der Waals surface area contributed by atoms with Crippen LogP contribution >= 0.6 is 27.3 Å². The average Bonchev–Trinajstić information content (AvgIpc) is 3.34. The number of halogens is 1. The van der Waals surface area contributed by atoms with Crippen molar-refractivity contribution in [2.45, 2.75) is 20.3 Å². The van der Waals surface area contributed by atoms with Crippen molar-refractivity contribution < 1.29 is 14.0 Å². The quantitative estimate of drug-likeness (QED) is 0.609. The van der Waals surface area contributed by atoms with Gasteiger partial charge in [-0.1, -0.05) is 12.1 Å². The topological polar surface area (TPSA) is 75.4 Å². The molecule has 144 valence electrons. The van der Waals surface area contributed by atoms with Gasteiger partial charge < -0.3 is 14.6 Å². The summed E-state index contributed by atoms with van der Waals surface area (Å²) in [6.07, 6.45) is 0.186. The van der Waals surface area contributed by atoms with Gasteiger partial charge in [0, 0.05) is 28.4 Å². The van der Waals surface area contributed by atoms with Crippen LogP contribution in [0.25, 0.3) is 11.3 Å². The van der Waals surface area contributed by atoms with Gasteiger partial charge in [0.1, 0.15) is 11.5 Å². The van der Waals surface area contributed by atoms with Crippen LogP contribution in [0, 0.1) is 19.8 Å². The van der Waals surface area contributed by atoms with E-state index in [-0.39, 0.29) is 18.2 Å². The summed E-state index contributed by atoms with van der Waals surface area (Å²) in [4.78, 5) is 31.3. The van der Waals surface area contributed by atoms with E-state index in [2.05, 4.69) is 26.2 Å². The first-order valence-corrected chi connectivity index (χ1v) is 10.5. The molecule has 1 atom stereocenters. The lowest BCUT2D eigenvalue weighted by Crippen LogP contribution is -2.28. The van der Waals surface area contributed by atoms with E-state index in [0.29, 0.717) is 11.7 Å². The highest BCUT2D eigenvalue weighted by atomic mass is 79.9. The van der Waals surface area contributed by atoms with Gasteiger partial charge >= 0.3 is 0 Å². The Labute approximate surface area is 174 Å². The fourth-order valence-electron chi connectivity index (χ4n) is 3.33. The van der Waals surface area contributed by atoms with E-state index in [1.165, 1.54) is 11.3 Å². The Balaban J connectivity index is 1.46. The van der Waals surface area contributed by atoms with Gasteiger partial charge in [-0.2, -0.15) is 0 Å². The van der Waals surface area contributed by atoms with Gasteiger partial charge in [0.25, 0.3) is 0 Å². The molecule has 0 saturated carbocycles. The predicted octanol–water partition coefficient (Wildman–Crippen LogP) is 4.77. The van der Waals surface area contributed by atoms with Gasteiger partial charge in [-0.15, -0.1) is 11.3 Å². The molecule has 1 unspecified atom stereocenters. The Kier molecular flexibility index (Phi) is 5.07. The maximum atomic E-state index is 12.7. The molecule has 0 radical (unpaired) electrons. The van der Waals surface area contributed by atoms with Gasteiger partial charge in [-0.25, -0.2) is 4.98 Å². The highest BCUT2D eigenvalue weighted by Crippen LogP contribution is 2.33. The number of anilines is 2. The number of furan rings is 1. The van der Waals surface area contributed by atoms with Crippen molar-refractivity contribution in [1.82, 2.24) is 4.98 Å². The second-order valence-corrected chi connectivity index (χ2v) is 8.42. The second-order valence-electron chi connectivity index (χ2n) is 6.71. The number of para-hydroxylation sites is 1. The Morgan fingerprint density at radius 2 is 2.14 bits per heavy atom. The maximum Gasteiger partial charge on any atom is 0.231 e. The van der Waals surface area contributed by atoms with Crippen molar-refractivity contribution in [2.75, 3.05) is 16.8 Å². The van der Waals surface area contributed by atoms with Crippen molar-refractivity contribution >= 4 is 49.9 Å². The minimum atomic E-state index is -0.412. The van der Waals surface area contributed by atoms with E-state index >= 15 is 0 Å². The standard InChI is InChI=1S/C20H18BrN3O3S/c1-11-7-14(12(2)27-11)16-10-28-20(22-16)23-19(26)13-8-18(25)24(9-13)17-6-4-3-5-15(17)21/h3-7,10,13H,8-9H2,1-2H3,(H,22,23,26). The number of carbonyl (C=O) groups excluding carboxylic acids is 2. The molecule has 1 aliphatic rings. The number of hydrogen-bond donors (Lipinski definition) is 1. The number of nitrogens with one attached hydrogen (secondary N) is 1. The molecule has 0 bridgehead atoms.